The number of aliphatic hydroxyl groups excluding tert-OH is 2. The van der Waals surface area contributed by atoms with Crippen LogP contribution in [0.5, 0.6) is 0 Å². The van der Waals surface area contributed by atoms with Crippen molar-refractivity contribution in [1.29, 1.82) is 0 Å². The van der Waals surface area contributed by atoms with Crippen molar-refractivity contribution >= 4 is 0 Å². The first-order valence-corrected chi connectivity index (χ1v) is 6.69. The molecule has 2 fully saturated rings. The summed E-state index contributed by atoms with van der Waals surface area (Å²) >= 11 is 0. The molecule has 0 bridgehead atoms. The van der Waals surface area contributed by atoms with Crippen LogP contribution in [-0.2, 0) is 4.74 Å². The Bertz CT molecular complexity index is 235. The molecule has 1 unspecified atom stereocenters. The normalized spacial score (nSPS) is 38.1. The fraction of sp³-hybridized carbons (Fsp3) is 1.00. The maximum Gasteiger partial charge on any atom is 0.0556 e. The minimum Gasteiger partial charge on any atom is -0.396 e. The van der Waals surface area contributed by atoms with Gasteiger partial charge in [0.05, 0.1) is 19.3 Å². The standard InChI is InChI=1S/C13H25NO3/c1-14(7-11-5-12(16)6-11)8-13(9-15)3-2-4-17-10-13/h11-12,15-16H,2-10H2,1H3. The summed E-state index contributed by atoms with van der Waals surface area (Å²) in [4.78, 5) is 2.29. The molecule has 2 N–H and O–H groups in total. The van der Waals surface area contributed by atoms with E-state index in [1.807, 2.05) is 0 Å². The predicted octanol–water partition coefficient (Wildman–Crippen LogP) is 0.478. The molecule has 0 aromatic rings. The molecule has 1 atom stereocenters. The monoisotopic (exact) mass is 243 g/mol. The van der Waals surface area contributed by atoms with Crippen molar-refractivity contribution in [3.05, 3.63) is 0 Å². The highest BCUT2D eigenvalue weighted by molar-refractivity contribution is 4.86. The Morgan fingerprint density at radius 1 is 1.41 bits per heavy atom. The highest BCUT2D eigenvalue weighted by Gasteiger charge is 2.35. The van der Waals surface area contributed by atoms with Crippen molar-refractivity contribution in [3.8, 4) is 0 Å². The van der Waals surface area contributed by atoms with Gasteiger partial charge in [0.25, 0.3) is 0 Å². The first-order valence-electron chi connectivity index (χ1n) is 6.69. The van der Waals surface area contributed by atoms with Crippen molar-refractivity contribution in [2.45, 2.75) is 31.8 Å². The largest absolute Gasteiger partial charge is 0.396 e. The van der Waals surface area contributed by atoms with Gasteiger partial charge in [-0.2, -0.15) is 0 Å². The van der Waals surface area contributed by atoms with Crippen molar-refractivity contribution < 1.29 is 14.9 Å². The van der Waals surface area contributed by atoms with Gasteiger partial charge in [0.2, 0.25) is 0 Å². The second-order valence-corrected chi connectivity index (χ2v) is 6.00. The van der Waals surface area contributed by atoms with E-state index in [0.29, 0.717) is 12.5 Å². The molecule has 2 rings (SSSR count). The van der Waals surface area contributed by atoms with E-state index < -0.39 is 0 Å². The number of hydrogen-bond donors (Lipinski definition) is 2. The number of rotatable bonds is 5. The second-order valence-electron chi connectivity index (χ2n) is 6.00. The van der Waals surface area contributed by atoms with Crippen LogP contribution in [-0.4, -0.2) is 61.2 Å². The van der Waals surface area contributed by atoms with Gasteiger partial charge in [0, 0.05) is 25.1 Å². The molecule has 2 aliphatic rings. The highest BCUT2D eigenvalue weighted by atomic mass is 16.5. The van der Waals surface area contributed by atoms with Gasteiger partial charge >= 0.3 is 0 Å². The maximum atomic E-state index is 9.59. The van der Waals surface area contributed by atoms with E-state index in [1.54, 1.807) is 0 Å². The summed E-state index contributed by atoms with van der Waals surface area (Å²) in [6, 6.07) is 0. The lowest BCUT2D eigenvalue weighted by molar-refractivity contribution is -0.0580. The van der Waals surface area contributed by atoms with Crippen LogP contribution in [0.2, 0.25) is 0 Å². The van der Waals surface area contributed by atoms with E-state index >= 15 is 0 Å². The van der Waals surface area contributed by atoms with Crippen LogP contribution in [0.3, 0.4) is 0 Å². The smallest absolute Gasteiger partial charge is 0.0556 e. The lowest BCUT2D eigenvalue weighted by Gasteiger charge is -2.41. The first kappa shape index (κ1) is 13.3. The second kappa shape index (κ2) is 5.65. The molecule has 4 nitrogen and oxygen atoms in total. The molecule has 100 valence electrons. The number of ether oxygens (including phenoxy) is 1. The molecule has 0 spiro atoms. The zero-order valence-corrected chi connectivity index (χ0v) is 10.8. The Morgan fingerprint density at radius 2 is 2.18 bits per heavy atom. The molecule has 0 aromatic heterocycles. The zero-order chi connectivity index (χ0) is 12.3. The van der Waals surface area contributed by atoms with Crippen LogP contribution >= 0.6 is 0 Å². The first-order chi connectivity index (χ1) is 8.13. The van der Waals surface area contributed by atoms with Gasteiger partial charge in [0.1, 0.15) is 0 Å². The van der Waals surface area contributed by atoms with Crippen LogP contribution in [0.1, 0.15) is 25.7 Å². The topological polar surface area (TPSA) is 52.9 Å². The van der Waals surface area contributed by atoms with Crippen molar-refractivity contribution in [2.75, 3.05) is 40.0 Å². The zero-order valence-electron chi connectivity index (χ0n) is 10.8. The molecule has 0 aromatic carbocycles. The Hall–Kier alpha value is -0.160. The van der Waals surface area contributed by atoms with Gasteiger partial charge in [0.15, 0.2) is 0 Å². The summed E-state index contributed by atoms with van der Waals surface area (Å²) in [5.74, 6) is 0.634. The Kier molecular flexibility index (Phi) is 4.42. The van der Waals surface area contributed by atoms with E-state index in [1.165, 1.54) is 0 Å². The Balaban J connectivity index is 1.77. The van der Waals surface area contributed by atoms with E-state index in [2.05, 4.69) is 11.9 Å². The van der Waals surface area contributed by atoms with Crippen LogP contribution in [0.4, 0.5) is 0 Å². The molecule has 1 saturated heterocycles. The third-order valence-corrected chi connectivity index (χ3v) is 4.13. The minimum atomic E-state index is -0.0711. The van der Waals surface area contributed by atoms with E-state index in [4.69, 9.17) is 4.74 Å². The third kappa shape index (κ3) is 3.41. The summed E-state index contributed by atoms with van der Waals surface area (Å²) in [5.41, 5.74) is -0.0602. The molecule has 4 heteroatoms. The minimum absolute atomic E-state index is 0.0602. The summed E-state index contributed by atoms with van der Waals surface area (Å²) in [6.45, 7) is 3.65. The number of hydrogen-bond acceptors (Lipinski definition) is 4. The lowest BCUT2D eigenvalue weighted by Crippen LogP contribution is -2.47. The lowest BCUT2D eigenvalue weighted by atomic mass is 9.80. The molecule has 1 aliphatic heterocycles. The van der Waals surface area contributed by atoms with E-state index in [0.717, 1.165) is 45.4 Å². The maximum absolute atomic E-state index is 9.59. The van der Waals surface area contributed by atoms with Crippen LogP contribution in [0, 0.1) is 11.3 Å². The van der Waals surface area contributed by atoms with Gasteiger partial charge in [-0.15, -0.1) is 0 Å². The Labute approximate surface area is 104 Å². The van der Waals surface area contributed by atoms with E-state index in [9.17, 15) is 10.2 Å². The SMILES string of the molecule is CN(CC1CC(O)C1)CC1(CO)CCCOC1. The van der Waals surface area contributed by atoms with Gasteiger partial charge in [-0.05, 0) is 38.6 Å². The highest BCUT2D eigenvalue weighted by Crippen LogP contribution is 2.31. The van der Waals surface area contributed by atoms with Crippen molar-refractivity contribution in [2.24, 2.45) is 11.3 Å². The summed E-state index contributed by atoms with van der Waals surface area (Å²) in [6.07, 6.45) is 3.91. The predicted molar refractivity (Wildman–Crippen MR) is 65.8 cm³/mol. The van der Waals surface area contributed by atoms with Crippen molar-refractivity contribution in [1.82, 2.24) is 4.90 Å². The Morgan fingerprint density at radius 3 is 2.71 bits per heavy atom. The van der Waals surface area contributed by atoms with Crippen LogP contribution in [0.25, 0.3) is 0 Å². The van der Waals surface area contributed by atoms with E-state index in [-0.39, 0.29) is 18.1 Å². The summed E-state index contributed by atoms with van der Waals surface area (Å²) < 4.78 is 5.51. The van der Waals surface area contributed by atoms with Gasteiger partial charge in [-0.1, -0.05) is 0 Å². The summed E-state index contributed by atoms with van der Waals surface area (Å²) in [5, 5.41) is 18.9. The molecule has 1 aliphatic carbocycles. The third-order valence-electron chi connectivity index (χ3n) is 4.13. The van der Waals surface area contributed by atoms with Crippen LogP contribution in [0.15, 0.2) is 0 Å². The molecule has 17 heavy (non-hydrogen) atoms. The summed E-state index contributed by atoms with van der Waals surface area (Å²) in [7, 11) is 2.11. The fourth-order valence-corrected chi connectivity index (χ4v) is 3.14. The number of nitrogens with zero attached hydrogens (tertiary/aromatic N) is 1. The number of aliphatic hydroxyl groups is 2. The average Bonchev–Trinajstić information content (AvgIpc) is 2.28. The molecule has 1 saturated carbocycles. The molecule has 1 heterocycles. The van der Waals surface area contributed by atoms with Crippen LogP contribution < -0.4 is 0 Å². The molecule has 0 radical (unpaired) electrons. The molecular weight excluding hydrogens is 218 g/mol. The quantitative estimate of drug-likeness (QED) is 0.737. The molecule has 0 amide bonds. The average molecular weight is 243 g/mol. The van der Waals surface area contributed by atoms with Crippen molar-refractivity contribution in [3.63, 3.8) is 0 Å². The van der Waals surface area contributed by atoms with Gasteiger partial charge < -0.3 is 19.8 Å². The van der Waals surface area contributed by atoms with Gasteiger partial charge in [-0.25, -0.2) is 0 Å². The van der Waals surface area contributed by atoms with Gasteiger partial charge in [-0.3, -0.25) is 0 Å². The fourth-order valence-electron chi connectivity index (χ4n) is 3.14. The molecular formula is C13H25NO3.